The first-order chi connectivity index (χ1) is 10.9. The van der Waals surface area contributed by atoms with Gasteiger partial charge in [-0.25, -0.2) is 0 Å². The predicted molar refractivity (Wildman–Crippen MR) is 88.1 cm³/mol. The zero-order chi connectivity index (χ0) is 18.6. The zero-order valence-corrected chi connectivity index (χ0v) is 15.4. The van der Waals surface area contributed by atoms with Crippen molar-refractivity contribution in [2.24, 2.45) is 0 Å². The fourth-order valence-electron chi connectivity index (χ4n) is 1.76. The smallest absolute Gasteiger partial charge is 0.369 e. The van der Waals surface area contributed by atoms with Crippen molar-refractivity contribution < 1.29 is 38.5 Å². The van der Waals surface area contributed by atoms with Gasteiger partial charge in [-0.05, 0) is 31.3 Å². The first kappa shape index (κ1) is 21.6. The van der Waals surface area contributed by atoms with E-state index in [4.69, 9.17) is 35.9 Å². The minimum atomic E-state index is -5.42. The lowest BCUT2D eigenvalue weighted by Crippen LogP contribution is -2.35. The Bertz CT molecular complexity index is 606. The molecule has 24 heavy (non-hydrogen) atoms. The Kier molecular flexibility index (Phi) is 7.44. The van der Waals surface area contributed by atoms with Crippen LogP contribution in [0.15, 0.2) is 24.3 Å². The second-order valence-corrected chi connectivity index (χ2v) is 9.66. The van der Waals surface area contributed by atoms with Crippen LogP contribution >= 0.6 is 26.8 Å². The Hall–Kier alpha value is -0.470. The van der Waals surface area contributed by atoms with Crippen LogP contribution in [0.1, 0.15) is 6.42 Å². The molecule has 0 atom stereocenters. The van der Waals surface area contributed by atoms with Gasteiger partial charge in [0.15, 0.2) is 0 Å². The number of nitrogens with zero attached hydrogens (tertiary/aromatic N) is 1. The summed E-state index contributed by atoms with van der Waals surface area (Å²) in [5, 5.41) is 6.93. The number of rotatable bonds is 9. The van der Waals surface area contributed by atoms with Crippen molar-refractivity contribution in [3.8, 4) is 5.75 Å². The van der Waals surface area contributed by atoms with Crippen LogP contribution < -0.4 is 4.74 Å². The van der Waals surface area contributed by atoms with E-state index in [9.17, 15) is 14.2 Å². The molecule has 0 amide bonds. The molecule has 1 aromatic carbocycles. The van der Waals surface area contributed by atoms with Gasteiger partial charge in [-0.1, -0.05) is 11.6 Å². The van der Waals surface area contributed by atoms with Crippen molar-refractivity contribution in [2.45, 2.75) is 11.5 Å². The third-order valence-corrected chi connectivity index (χ3v) is 7.45. The van der Waals surface area contributed by atoms with Crippen LogP contribution in [0.3, 0.4) is 0 Å². The molecule has 1 aromatic rings. The fraction of sp³-hybridized carbons (Fsp3) is 0.500. The molecule has 0 aliphatic heterocycles. The normalized spacial score (nSPS) is 13.3. The molecule has 0 saturated heterocycles. The highest BCUT2D eigenvalue weighted by Gasteiger charge is 2.58. The van der Waals surface area contributed by atoms with Crippen molar-refractivity contribution in [3.05, 3.63) is 29.3 Å². The minimum absolute atomic E-state index is 0.156. The monoisotopic (exact) mass is 403 g/mol. The number of halogens is 1. The van der Waals surface area contributed by atoms with Crippen LogP contribution in [-0.2, 0) is 9.13 Å². The molecular weight excluding hydrogens is 384 g/mol. The van der Waals surface area contributed by atoms with E-state index >= 15 is 0 Å². The number of ether oxygens (including phenoxy) is 1. The number of hydrogen-bond acceptors (Lipinski definition) is 5. The van der Waals surface area contributed by atoms with Crippen molar-refractivity contribution in [1.82, 2.24) is 4.90 Å². The molecule has 0 fully saturated rings. The maximum Gasteiger partial charge on any atom is 0.369 e. The summed E-state index contributed by atoms with van der Waals surface area (Å²) in [6.45, 7) is 0.375. The van der Waals surface area contributed by atoms with E-state index in [0.29, 0.717) is 17.3 Å². The summed E-state index contributed by atoms with van der Waals surface area (Å²) >= 11 is 5.74. The lowest BCUT2D eigenvalue weighted by molar-refractivity contribution is 0.110. The number of aliphatic hydroxyl groups is 1. The first-order valence-electron chi connectivity index (χ1n) is 6.77. The van der Waals surface area contributed by atoms with Crippen LogP contribution in [0.2, 0.25) is 5.02 Å². The average molecular weight is 404 g/mol. The molecule has 12 heteroatoms. The van der Waals surface area contributed by atoms with Crippen molar-refractivity contribution in [3.63, 3.8) is 0 Å². The fourth-order valence-corrected chi connectivity index (χ4v) is 4.03. The summed E-state index contributed by atoms with van der Waals surface area (Å²) in [5.41, 5.74) is 0. The number of hydrogen-bond donors (Lipinski definition) is 5. The summed E-state index contributed by atoms with van der Waals surface area (Å²) in [6, 6.07) is 6.65. The van der Waals surface area contributed by atoms with E-state index in [1.54, 1.807) is 31.3 Å². The van der Waals surface area contributed by atoms with Gasteiger partial charge in [0, 0.05) is 24.5 Å². The highest BCUT2D eigenvalue weighted by atomic mass is 35.5. The molecule has 9 nitrogen and oxygen atoms in total. The molecule has 0 saturated carbocycles. The summed E-state index contributed by atoms with van der Waals surface area (Å²) < 4.78 is 27.9. The van der Waals surface area contributed by atoms with E-state index in [0.717, 1.165) is 0 Å². The Labute approximate surface area is 144 Å². The van der Waals surface area contributed by atoms with Crippen LogP contribution in [0.5, 0.6) is 5.75 Å². The molecule has 5 N–H and O–H groups in total. The Morgan fingerprint density at radius 3 is 2.04 bits per heavy atom. The molecule has 0 aromatic heterocycles. The molecule has 0 unspecified atom stereocenters. The Morgan fingerprint density at radius 1 is 1.08 bits per heavy atom. The average Bonchev–Trinajstić information content (AvgIpc) is 2.44. The molecule has 0 bridgehead atoms. The van der Waals surface area contributed by atoms with Crippen LogP contribution in [0.25, 0.3) is 0 Å². The topological polar surface area (TPSA) is 148 Å². The van der Waals surface area contributed by atoms with Crippen molar-refractivity contribution in [1.29, 1.82) is 0 Å². The van der Waals surface area contributed by atoms with Gasteiger partial charge < -0.3 is 34.3 Å². The first-order valence-corrected chi connectivity index (χ1v) is 10.4. The standard InChI is InChI=1S/C12H20ClNO8P2/c1-14(8-9-22-11-4-2-10(13)3-5-11)7-6-12(15,23(16,17)18)24(19,20)21/h2-5,15H,6-9H2,1H3,(H2,16,17,18)(H2,19,20,21). The van der Waals surface area contributed by atoms with E-state index in [-0.39, 0.29) is 13.2 Å². The summed E-state index contributed by atoms with van der Waals surface area (Å²) in [7, 11) is -9.28. The molecule has 0 radical (unpaired) electrons. The Balaban J connectivity index is 2.52. The third kappa shape index (κ3) is 5.81. The van der Waals surface area contributed by atoms with Crippen molar-refractivity contribution >= 4 is 26.8 Å². The highest BCUT2D eigenvalue weighted by molar-refractivity contribution is 7.72. The maximum atomic E-state index is 11.2. The molecular formula is C12H20ClNO8P2. The van der Waals surface area contributed by atoms with Crippen LogP contribution in [0.4, 0.5) is 0 Å². The van der Waals surface area contributed by atoms with Gasteiger partial charge in [-0.15, -0.1) is 0 Å². The number of likely N-dealkylation sites (N-methyl/N-ethyl adjacent to an activating group) is 1. The van der Waals surface area contributed by atoms with Crippen molar-refractivity contribution in [2.75, 3.05) is 26.7 Å². The van der Waals surface area contributed by atoms with Gasteiger partial charge in [-0.2, -0.15) is 0 Å². The lowest BCUT2D eigenvalue weighted by Gasteiger charge is -2.30. The second kappa shape index (κ2) is 8.27. The van der Waals surface area contributed by atoms with E-state index in [2.05, 4.69) is 0 Å². The molecule has 0 spiro atoms. The van der Waals surface area contributed by atoms with E-state index in [1.807, 2.05) is 0 Å². The maximum absolute atomic E-state index is 11.2. The van der Waals surface area contributed by atoms with Gasteiger partial charge in [0.1, 0.15) is 12.4 Å². The van der Waals surface area contributed by atoms with E-state index in [1.165, 1.54) is 4.90 Å². The second-order valence-electron chi connectivity index (χ2n) is 5.22. The van der Waals surface area contributed by atoms with Gasteiger partial charge in [-0.3, -0.25) is 9.13 Å². The van der Waals surface area contributed by atoms with Gasteiger partial charge >= 0.3 is 15.2 Å². The molecule has 1 rings (SSSR count). The summed E-state index contributed by atoms with van der Waals surface area (Å²) in [5.74, 6) is 0.578. The van der Waals surface area contributed by atoms with Crippen LogP contribution in [-0.4, -0.2) is 61.4 Å². The molecule has 0 aliphatic carbocycles. The summed E-state index contributed by atoms with van der Waals surface area (Å²) in [6.07, 6.45) is -0.793. The highest BCUT2D eigenvalue weighted by Crippen LogP contribution is 2.68. The van der Waals surface area contributed by atoms with E-state index < -0.39 is 26.7 Å². The largest absolute Gasteiger partial charge is 0.492 e. The summed E-state index contributed by atoms with van der Waals surface area (Å²) in [4.78, 5) is 37.7. The molecule has 0 heterocycles. The minimum Gasteiger partial charge on any atom is -0.492 e. The van der Waals surface area contributed by atoms with Gasteiger partial charge in [0.2, 0.25) is 0 Å². The third-order valence-electron chi connectivity index (χ3n) is 3.32. The Morgan fingerprint density at radius 2 is 1.58 bits per heavy atom. The molecule has 138 valence electrons. The SMILES string of the molecule is CN(CCOc1ccc(Cl)cc1)CCC(O)(P(=O)(O)O)P(=O)(O)O. The number of benzene rings is 1. The lowest BCUT2D eigenvalue weighted by atomic mass is 10.3. The predicted octanol–water partition coefficient (Wildman–Crippen LogP) is 1.04. The van der Waals surface area contributed by atoms with Gasteiger partial charge in [0.25, 0.3) is 5.08 Å². The zero-order valence-electron chi connectivity index (χ0n) is 12.8. The molecule has 0 aliphatic rings. The quantitative estimate of drug-likeness (QED) is 0.381. The van der Waals surface area contributed by atoms with Gasteiger partial charge in [0.05, 0.1) is 0 Å². The van der Waals surface area contributed by atoms with Crippen LogP contribution in [0, 0.1) is 0 Å².